The van der Waals surface area contributed by atoms with E-state index in [1.807, 2.05) is 13.0 Å². The minimum Gasteiger partial charge on any atom is -0.377 e. The molecular weight excluding hydrogens is 172 g/mol. The molecule has 3 heteroatoms. The van der Waals surface area contributed by atoms with Crippen LogP contribution in [-0.4, -0.2) is 10.9 Å². The van der Waals surface area contributed by atoms with Crippen LogP contribution in [0.2, 0.25) is 0 Å². The van der Waals surface area contributed by atoms with Crippen molar-refractivity contribution in [2.24, 2.45) is 0 Å². The molecule has 12 heavy (non-hydrogen) atoms. The standard InChI is InChI=1S/C9H12O2S/c1-6-4-5-8(12-6)9(3,11)7(2)10/h4-5,11H,1-3H3. The number of carbonyl (C=O) groups is 1. The molecule has 0 saturated heterocycles. The Morgan fingerprint density at radius 3 is 2.50 bits per heavy atom. The number of hydrogen-bond acceptors (Lipinski definition) is 3. The second-order valence-corrected chi connectivity index (χ2v) is 4.33. The molecule has 0 amide bonds. The smallest absolute Gasteiger partial charge is 0.166 e. The van der Waals surface area contributed by atoms with Gasteiger partial charge in [0.05, 0.1) is 0 Å². The summed E-state index contributed by atoms with van der Waals surface area (Å²) in [6, 6.07) is 3.69. The molecule has 1 unspecified atom stereocenters. The van der Waals surface area contributed by atoms with Gasteiger partial charge in [0.2, 0.25) is 0 Å². The van der Waals surface area contributed by atoms with Crippen LogP contribution >= 0.6 is 11.3 Å². The molecule has 66 valence electrons. The summed E-state index contributed by atoms with van der Waals surface area (Å²) in [4.78, 5) is 12.9. The van der Waals surface area contributed by atoms with Crippen molar-refractivity contribution in [2.45, 2.75) is 26.4 Å². The van der Waals surface area contributed by atoms with Crippen LogP contribution in [0.25, 0.3) is 0 Å². The van der Waals surface area contributed by atoms with Crippen molar-refractivity contribution in [3.63, 3.8) is 0 Å². The molecule has 1 aromatic heterocycles. The van der Waals surface area contributed by atoms with E-state index < -0.39 is 5.60 Å². The molecule has 0 aromatic carbocycles. The summed E-state index contributed by atoms with van der Waals surface area (Å²) in [5, 5.41) is 9.74. The Morgan fingerprint density at radius 1 is 1.58 bits per heavy atom. The normalized spacial score (nSPS) is 15.7. The van der Waals surface area contributed by atoms with E-state index in [0.29, 0.717) is 4.88 Å². The highest BCUT2D eigenvalue weighted by molar-refractivity contribution is 7.12. The fourth-order valence-corrected chi connectivity index (χ4v) is 1.83. The Balaban J connectivity index is 3.05. The van der Waals surface area contributed by atoms with E-state index in [0.717, 1.165) is 4.88 Å². The minimum atomic E-state index is -1.31. The number of aryl methyl sites for hydroxylation is 1. The van der Waals surface area contributed by atoms with E-state index in [1.54, 1.807) is 6.07 Å². The number of carbonyl (C=O) groups excluding carboxylic acids is 1. The van der Waals surface area contributed by atoms with Gasteiger partial charge in [-0.1, -0.05) is 0 Å². The Labute approximate surface area is 75.9 Å². The lowest BCUT2D eigenvalue weighted by atomic mass is 10.0. The summed E-state index contributed by atoms with van der Waals surface area (Å²) < 4.78 is 0. The third kappa shape index (κ3) is 1.57. The van der Waals surface area contributed by atoms with E-state index in [2.05, 4.69) is 0 Å². The average Bonchev–Trinajstić information content (AvgIpc) is 2.35. The van der Waals surface area contributed by atoms with Gasteiger partial charge in [-0.2, -0.15) is 0 Å². The van der Waals surface area contributed by atoms with E-state index in [9.17, 15) is 9.90 Å². The SMILES string of the molecule is CC(=O)C(C)(O)c1ccc(C)s1. The molecule has 0 radical (unpaired) electrons. The molecule has 1 atom stereocenters. The fourth-order valence-electron chi connectivity index (χ4n) is 0.870. The Morgan fingerprint density at radius 2 is 2.17 bits per heavy atom. The molecule has 0 aliphatic heterocycles. The molecule has 1 heterocycles. The molecule has 0 aliphatic rings. The summed E-state index contributed by atoms with van der Waals surface area (Å²) in [6.45, 7) is 4.88. The van der Waals surface area contributed by atoms with Crippen LogP contribution in [0, 0.1) is 6.92 Å². The maximum Gasteiger partial charge on any atom is 0.166 e. The van der Waals surface area contributed by atoms with Crippen LogP contribution in [0.15, 0.2) is 12.1 Å². The Bertz CT molecular complexity index is 299. The van der Waals surface area contributed by atoms with Crippen LogP contribution in [0.1, 0.15) is 23.6 Å². The Kier molecular flexibility index (Phi) is 2.35. The number of hydrogen-bond donors (Lipinski definition) is 1. The van der Waals surface area contributed by atoms with Gasteiger partial charge in [-0.25, -0.2) is 0 Å². The molecule has 0 bridgehead atoms. The first-order chi connectivity index (χ1) is 5.44. The van der Waals surface area contributed by atoms with Crippen molar-refractivity contribution in [3.8, 4) is 0 Å². The van der Waals surface area contributed by atoms with Crippen LogP contribution in [0.3, 0.4) is 0 Å². The largest absolute Gasteiger partial charge is 0.377 e. The lowest BCUT2D eigenvalue weighted by Crippen LogP contribution is -2.28. The van der Waals surface area contributed by atoms with Gasteiger partial charge in [0.1, 0.15) is 0 Å². The highest BCUT2D eigenvalue weighted by Crippen LogP contribution is 2.28. The number of rotatable bonds is 2. The first-order valence-corrected chi connectivity index (χ1v) is 4.56. The maximum absolute atomic E-state index is 11.0. The number of Topliss-reactive ketones (excluding diaryl/α,β-unsaturated/α-hetero) is 1. The van der Waals surface area contributed by atoms with Crippen LogP contribution < -0.4 is 0 Å². The highest BCUT2D eigenvalue weighted by atomic mass is 32.1. The number of aliphatic hydroxyl groups is 1. The summed E-state index contributed by atoms with van der Waals surface area (Å²) in [7, 11) is 0. The number of ketones is 1. The highest BCUT2D eigenvalue weighted by Gasteiger charge is 2.29. The minimum absolute atomic E-state index is 0.218. The zero-order valence-electron chi connectivity index (χ0n) is 7.42. The number of thiophene rings is 1. The van der Waals surface area contributed by atoms with Gasteiger partial charge in [0.25, 0.3) is 0 Å². The second kappa shape index (κ2) is 2.99. The maximum atomic E-state index is 11.0. The molecule has 1 N–H and O–H groups in total. The monoisotopic (exact) mass is 184 g/mol. The molecule has 1 rings (SSSR count). The first-order valence-electron chi connectivity index (χ1n) is 3.75. The van der Waals surface area contributed by atoms with E-state index >= 15 is 0 Å². The summed E-state index contributed by atoms with van der Waals surface area (Å²) in [5.74, 6) is -0.218. The van der Waals surface area contributed by atoms with Gasteiger partial charge < -0.3 is 5.11 Å². The van der Waals surface area contributed by atoms with Crippen LogP contribution in [0.4, 0.5) is 0 Å². The fraction of sp³-hybridized carbons (Fsp3) is 0.444. The lowest BCUT2D eigenvalue weighted by Gasteiger charge is -2.17. The van der Waals surface area contributed by atoms with E-state index in [-0.39, 0.29) is 5.78 Å². The quantitative estimate of drug-likeness (QED) is 0.761. The van der Waals surface area contributed by atoms with Crippen molar-refractivity contribution in [3.05, 3.63) is 21.9 Å². The molecular formula is C9H12O2S. The average molecular weight is 184 g/mol. The van der Waals surface area contributed by atoms with Crippen molar-refractivity contribution in [1.82, 2.24) is 0 Å². The van der Waals surface area contributed by atoms with Crippen molar-refractivity contribution < 1.29 is 9.90 Å². The van der Waals surface area contributed by atoms with Crippen LogP contribution in [0.5, 0.6) is 0 Å². The topological polar surface area (TPSA) is 37.3 Å². The molecule has 0 aliphatic carbocycles. The zero-order chi connectivity index (χ0) is 9.35. The van der Waals surface area contributed by atoms with Gasteiger partial charge in [-0.15, -0.1) is 11.3 Å². The molecule has 0 saturated carbocycles. The van der Waals surface area contributed by atoms with Crippen LogP contribution in [-0.2, 0) is 10.4 Å². The molecule has 0 fully saturated rings. The van der Waals surface area contributed by atoms with Gasteiger partial charge >= 0.3 is 0 Å². The summed E-state index contributed by atoms with van der Waals surface area (Å²) in [5.41, 5.74) is -1.31. The van der Waals surface area contributed by atoms with Gasteiger partial charge in [-0.3, -0.25) is 4.79 Å². The van der Waals surface area contributed by atoms with Crippen molar-refractivity contribution in [1.29, 1.82) is 0 Å². The second-order valence-electron chi connectivity index (χ2n) is 3.04. The summed E-state index contributed by atoms with van der Waals surface area (Å²) in [6.07, 6.45) is 0. The molecule has 2 nitrogen and oxygen atoms in total. The lowest BCUT2D eigenvalue weighted by molar-refractivity contribution is -0.133. The Hall–Kier alpha value is -0.670. The predicted molar refractivity (Wildman–Crippen MR) is 49.3 cm³/mol. The zero-order valence-corrected chi connectivity index (χ0v) is 8.23. The van der Waals surface area contributed by atoms with Gasteiger partial charge in [0.15, 0.2) is 11.4 Å². The first kappa shape index (κ1) is 9.42. The molecule has 0 spiro atoms. The third-order valence-corrected chi connectivity index (χ3v) is 3.12. The van der Waals surface area contributed by atoms with Gasteiger partial charge in [-0.05, 0) is 32.9 Å². The molecule has 1 aromatic rings. The summed E-state index contributed by atoms with van der Waals surface area (Å²) >= 11 is 1.45. The predicted octanol–water partition coefficient (Wildman–Crippen LogP) is 1.85. The van der Waals surface area contributed by atoms with Crippen molar-refractivity contribution in [2.75, 3.05) is 0 Å². The van der Waals surface area contributed by atoms with Gasteiger partial charge in [0, 0.05) is 9.75 Å². The van der Waals surface area contributed by atoms with Crippen molar-refractivity contribution >= 4 is 17.1 Å². The van der Waals surface area contributed by atoms with E-state index in [1.165, 1.54) is 25.2 Å². The van der Waals surface area contributed by atoms with E-state index in [4.69, 9.17) is 0 Å². The third-order valence-electron chi connectivity index (χ3n) is 1.91.